The van der Waals surface area contributed by atoms with E-state index in [2.05, 4.69) is 36.4 Å². The largest absolute Gasteiger partial charge is 0.208 e. The highest BCUT2D eigenvalue weighted by molar-refractivity contribution is 6.30. The van der Waals surface area contributed by atoms with Crippen LogP contribution in [-0.2, 0) is 0 Å². The maximum atomic E-state index is 6.28. The minimum absolute atomic E-state index is 0.646. The minimum Gasteiger partial charge on any atom is -0.208 e. The smallest absolute Gasteiger partial charge is 0.164 e. The van der Waals surface area contributed by atoms with E-state index in [9.17, 15) is 0 Å². The summed E-state index contributed by atoms with van der Waals surface area (Å²) in [7, 11) is 0. The van der Waals surface area contributed by atoms with Crippen molar-refractivity contribution in [3.63, 3.8) is 0 Å². The summed E-state index contributed by atoms with van der Waals surface area (Å²) in [6.07, 6.45) is 0. The molecule has 0 aliphatic carbocycles. The molecule has 5 aromatic rings. The van der Waals surface area contributed by atoms with Crippen molar-refractivity contribution in [2.24, 2.45) is 0 Å². The molecule has 0 saturated carbocycles. The molecule has 160 valence electrons. The second-order valence-corrected chi connectivity index (χ2v) is 8.47. The summed E-state index contributed by atoms with van der Waals surface area (Å²) in [5.41, 5.74) is 7.29. The third kappa shape index (κ3) is 4.41. The van der Waals surface area contributed by atoms with E-state index >= 15 is 0 Å². The zero-order chi connectivity index (χ0) is 22.8. The Morgan fingerprint density at radius 1 is 0.485 bits per heavy atom. The molecule has 0 bridgehead atoms. The summed E-state index contributed by atoms with van der Waals surface area (Å²) in [5, 5.41) is 0.711. The molecule has 4 heteroatoms. The van der Waals surface area contributed by atoms with Gasteiger partial charge in [0.2, 0.25) is 0 Å². The van der Waals surface area contributed by atoms with Crippen LogP contribution in [0.15, 0.2) is 97.1 Å². The lowest BCUT2D eigenvalue weighted by atomic mass is 10.0. The molecule has 4 aromatic carbocycles. The molecule has 0 aliphatic rings. The first-order valence-corrected chi connectivity index (χ1v) is 11.2. The van der Waals surface area contributed by atoms with Gasteiger partial charge in [0, 0.05) is 21.7 Å². The third-order valence-electron chi connectivity index (χ3n) is 5.64. The van der Waals surface area contributed by atoms with E-state index < -0.39 is 0 Å². The van der Waals surface area contributed by atoms with Crippen LogP contribution in [0.1, 0.15) is 11.1 Å². The Labute approximate surface area is 198 Å². The molecule has 1 heterocycles. The first-order chi connectivity index (χ1) is 16.1. The van der Waals surface area contributed by atoms with Crippen LogP contribution < -0.4 is 0 Å². The quantitative estimate of drug-likeness (QED) is 0.282. The molecule has 1 aromatic heterocycles. The standard InChI is InChI=1S/C29H22ClN3/c1-19-17-25(30)18-20(2)26(19)29-32-27(23-11-7-4-8-12-23)31-28(33-29)24-15-13-22(14-16-24)21-9-5-3-6-10-21/h3-18H,1-2H3. The van der Waals surface area contributed by atoms with E-state index in [1.807, 2.05) is 74.5 Å². The van der Waals surface area contributed by atoms with Crippen LogP contribution in [0.5, 0.6) is 0 Å². The van der Waals surface area contributed by atoms with Gasteiger partial charge in [-0.15, -0.1) is 0 Å². The Morgan fingerprint density at radius 3 is 1.42 bits per heavy atom. The zero-order valence-corrected chi connectivity index (χ0v) is 19.2. The van der Waals surface area contributed by atoms with Gasteiger partial charge in [0.15, 0.2) is 17.5 Å². The summed E-state index contributed by atoms with van der Waals surface area (Å²) < 4.78 is 0. The van der Waals surface area contributed by atoms with E-state index in [1.54, 1.807) is 0 Å². The number of hydrogen-bond donors (Lipinski definition) is 0. The lowest BCUT2D eigenvalue weighted by molar-refractivity contribution is 1.07. The molecule has 0 saturated heterocycles. The summed E-state index contributed by atoms with van der Waals surface area (Å²) in [6.45, 7) is 4.07. The van der Waals surface area contributed by atoms with Crippen molar-refractivity contribution in [2.75, 3.05) is 0 Å². The second kappa shape index (κ2) is 8.97. The first-order valence-electron chi connectivity index (χ1n) is 10.8. The van der Waals surface area contributed by atoms with E-state index in [4.69, 9.17) is 26.6 Å². The second-order valence-electron chi connectivity index (χ2n) is 8.03. The van der Waals surface area contributed by atoms with E-state index in [-0.39, 0.29) is 0 Å². The van der Waals surface area contributed by atoms with Crippen molar-refractivity contribution in [1.29, 1.82) is 0 Å². The number of aromatic nitrogens is 3. The van der Waals surface area contributed by atoms with Gasteiger partial charge in [-0.25, -0.2) is 15.0 Å². The predicted octanol–water partition coefficient (Wildman–Crippen LogP) is 7.81. The van der Waals surface area contributed by atoms with Crippen LogP contribution in [-0.4, -0.2) is 15.0 Å². The molecular formula is C29H22ClN3. The molecular weight excluding hydrogens is 426 g/mol. The van der Waals surface area contributed by atoms with Crippen LogP contribution >= 0.6 is 11.6 Å². The summed E-state index contributed by atoms with van der Waals surface area (Å²) in [6, 6.07) is 32.6. The van der Waals surface area contributed by atoms with E-state index in [0.717, 1.165) is 33.4 Å². The molecule has 0 N–H and O–H groups in total. The Balaban J connectivity index is 1.66. The number of hydrogen-bond acceptors (Lipinski definition) is 3. The number of benzene rings is 4. The summed E-state index contributed by atoms with van der Waals surface area (Å²) in [5.74, 6) is 1.95. The lowest BCUT2D eigenvalue weighted by Crippen LogP contribution is -2.02. The number of aryl methyl sites for hydroxylation is 2. The molecule has 0 amide bonds. The fourth-order valence-electron chi connectivity index (χ4n) is 4.04. The summed E-state index contributed by atoms with van der Waals surface area (Å²) in [4.78, 5) is 14.6. The molecule has 3 nitrogen and oxygen atoms in total. The first kappa shape index (κ1) is 21.0. The summed E-state index contributed by atoms with van der Waals surface area (Å²) >= 11 is 6.28. The molecule has 0 aliphatic heterocycles. The van der Waals surface area contributed by atoms with Gasteiger partial charge in [0.25, 0.3) is 0 Å². The Morgan fingerprint density at radius 2 is 0.879 bits per heavy atom. The predicted molar refractivity (Wildman–Crippen MR) is 136 cm³/mol. The van der Waals surface area contributed by atoms with Gasteiger partial charge in [-0.1, -0.05) is 96.5 Å². The molecule has 0 atom stereocenters. The van der Waals surface area contributed by atoms with Gasteiger partial charge in [0.1, 0.15) is 0 Å². The number of nitrogens with zero attached hydrogens (tertiary/aromatic N) is 3. The van der Waals surface area contributed by atoms with E-state index in [1.165, 1.54) is 5.56 Å². The highest BCUT2D eigenvalue weighted by Crippen LogP contribution is 2.31. The van der Waals surface area contributed by atoms with Gasteiger partial charge in [-0.05, 0) is 48.2 Å². The Kier molecular flexibility index (Phi) is 5.72. The van der Waals surface area contributed by atoms with Gasteiger partial charge in [0.05, 0.1) is 0 Å². The maximum Gasteiger partial charge on any atom is 0.164 e. The van der Waals surface area contributed by atoms with Crippen molar-refractivity contribution >= 4 is 11.6 Å². The molecule has 0 radical (unpaired) electrons. The van der Waals surface area contributed by atoms with Gasteiger partial charge in [-0.3, -0.25) is 0 Å². The van der Waals surface area contributed by atoms with Crippen molar-refractivity contribution in [3.05, 3.63) is 113 Å². The minimum atomic E-state index is 0.646. The van der Waals surface area contributed by atoms with Gasteiger partial charge >= 0.3 is 0 Å². The SMILES string of the molecule is Cc1cc(Cl)cc(C)c1-c1nc(-c2ccccc2)nc(-c2ccc(-c3ccccc3)cc2)n1. The van der Waals surface area contributed by atoms with Crippen molar-refractivity contribution in [1.82, 2.24) is 15.0 Å². The fraction of sp³-hybridized carbons (Fsp3) is 0.0690. The van der Waals surface area contributed by atoms with Crippen LogP contribution in [0.2, 0.25) is 5.02 Å². The third-order valence-corrected chi connectivity index (χ3v) is 5.86. The van der Waals surface area contributed by atoms with Crippen LogP contribution in [0.25, 0.3) is 45.3 Å². The monoisotopic (exact) mass is 447 g/mol. The van der Waals surface area contributed by atoms with Crippen molar-refractivity contribution in [3.8, 4) is 45.3 Å². The molecule has 0 spiro atoms. The number of halogens is 1. The zero-order valence-electron chi connectivity index (χ0n) is 18.5. The van der Waals surface area contributed by atoms with Crippen molar-refractivity contribution in [2.45, 2.75) is 13.8 Å². The number of rotatable bonds is 4. The highest BCUT2D eigenvalue weighted by atomic mass is 35.5. The molecule has 0 fully saturated rings. The average Bonchev–Trinajstić information content (AvgIpc) is 2.84. The maximum absolute atomic E-state index is 6.28. The van der Waals surface area contributed by atoms with Gasteiger partial charge < -0.3 is 0 Å². The molecule has 5 rings (SSSR count). The van der Waals surface area contributed by atoms with Crippen molar-refractivity contribution < 1.29 is 0 Å². The van der Waals surface area contributed by atoms with Gasteiger partial charge in [-0.2, -0.15) is 0 Å². The normalized spacial score (nSPS) is 10.9. The molecule has 0 unspecified atom stereocenters. The van der Waals surface area contributed by atoms with Crippen LogP contribution in [0, 0.1) is 13.8 Å². The highest BCUT2D eigenvalue weighted by Gasteiger charge is 2.16. The molecule has 33 heavy (non-hydrogen) atoms. The fourth-order valence-corrected chi connectivity index (χ4v) is 4.37. The topological polar surface area (TPSA) is 38.7 Å². The average molecular weight is 448 g/mol. The van der Waals surface area contributed by atoms with Crippen LogP contribution in [0.4, 0.5) is 0 Å². The Hall–Kier alpha value is -3.82. The van der Waals surface area contributed by atoms with E-state index in [0.29, 0.717) is 22.5 Å². The van der Waals surface area contributed by atoms with Crippen LogP contribution in [0.3, 0.4) is 0 Å². The Bertz CT molecular complexity index is 1390. The lowest BCUT2D eigenvalue weighted by Gasteiger charge is -2.13.